The summed E-state index contributed by atoms with van der Waals surface area (Å²) >= 11 is 0. The van der Waals surface area contributed by atoms with Crippen LogP contribution in [0.15, 0.2) is 0 Å². The summed E-state index contributed by atoms with van der Waals surface area (Å²) in [5.41, 5.74) is 0. The van der Waals surface area contributed by atoms with E-state index in [1.807, 2.05) is 0 Å². The molecule has 0 aliphatic heterocycles. The van der Waals surface area contributed by atoms with Crippen LogP contribution in [0.4, 0.5) is 0 Å². The Morgan fingerprint density at radius 2 is 0.857 bits per heavy atom. The van der Waals surface area contributed by atoms with Crippen LogP contribution < -0.4 is 51.4 Å². The van der Waals surface area contributed by atoms with Gasteiger partial charge in [-0.25, -0.2) is 0 Å². The Kier molecular flexibility index (Phi) is 203. The van der Waals surface area contributed by atoms with Crippen LogP contribution in [0, 0.1) is 25.4 Å². The zero-order valence-corrected chi connectivity index (χ0v) is 9.51. The van der Waals surface area contributed by atoms with E-state index in [2.05, 4.69) is 0 Å². The number of rotatable bonds is 0. The van der Waals surface area contributed by atoms with Crippen molar-refractivity contribution in [2.75, 3.05) is 0 Å². The Bertz CT molecular complexity index is 76.1. The summed E-state index contributed by atoms with van der Waals surface area (Å²) in [6, 6.07) is 0. The van der Waals surface area contributed by atoms with E-state index in [0.717, 1.165) is 0 Å². The van der Waals surface area contributed by atoms with E-state index in [1.165, 1.54) is 0 Å². The summed E-state index contributed by atoms with van der Waals surface area (Å²) in [5, 5.41) is 28.4. The van der Waals surface area contributed by atoms with Crippen LogP contribution in [0.1, 0.15) is 0 Å². The molecule has 12 nitrogen and oxygen atoms in total. The molecule has 0 atom stereocenters. The first-order valence-corrected chi connectivity index (χ1v) is 1.11. The first-order valence-electron chi connectivity index (χ1n) is 1.11. The molecule has 0 spiro atoms. The molecule has 0 unspecified atom stereocenters. The minimum Gasteiger partial charge on any atom is 1.00 e. The predicted octanol–water partition coefficient (Wildman–Crippen LogP) is -7.80. The van der Waals surface area contributed by atoms with Crippen LogP contribution in [0.3, 0.4) is 0 Å². The zero-order chi connectivity index (χ0) is 7.15. The van der Waals surface area contributed by atoms with Crippen molar-refractivity contribution in [2.45, 2.75) is 0 Å². The van der Waals surface area contributed by atoms with Gasteiger partial charge in [-0.1, -0.05) is 0 Å². The standard InChI is InChI=1S/Ca.K.HNO3.NO3.4H2O.2H/c;;2*2-1(3)4;;;;;;/h;;(H,2,3,4);;4*1H2;;/q;+1;;-1;;;;;;. The van der Waals surface area contributed by atoms with Crippen LogP contribution in [0.25, 0.3) is 0 Å². The molecule has 0 aliphatic carbocycles. The van der Waals surface area contributed by atoms with Gasteiger partial charge in [0.2, 0.25) is 0 Å². The molecule has 84 valence electrons. The molecule has 14 heteroatoms. The first kappa shape index (κ1) is 59.4. The van der Waals surface area contributed by atoms with Crippen molar-refractivity contribution in [3.63, 3.8) is 0 Å². The Balaban J connectivity index is -0.00000000600. The quantitative estimate of drug-likeness (QED) is 0.255. The van der Waals surface area contributed by atoms with Crippen molar-refractivity contribution in [3.8, 4) is 0 Å². The van der Waals surface area contributed by atoms with Gasteiger partial charge in [0.25, 0.3) is 5.09 Å². The monoisotopic (exact) mass is 278 g/mol. The summed E-state index contributed by atoms with van der Waals surface area (Å²) in [6.45, 7) is 0. The average molecular weight is 278 g/mol. The number of nitrogens with zero attached hydrogens (tertiary/aromatic N) is 2. The summed E-state index contributed by atoms with van der Waals surface area (Å²) in [5.74, 6) is 0. The molecular weight excluding hydrogens is 267 g/mol. The van der Waals surface area contributed by atoms with Gasteiger partial charge in [0, 0.05) is 0 Å². The molecule has 0 fully saturated rings. The number of hydrogen-bond acceptors (Lipinski definition) is 5. The molecule has 0 heterocycles. The molecule has 9 N–H and O–H groups in total. The molecular formula is H11CaKN2O10. The van der Waals surface area contributed by atoms with Crippen LogP contribution in [0.2, 0.25) is 0 Å². The fraction of sp³-hybridized carbons (Fsp3) is 0. The van der Waals surface area contributed by atoms with Crippen LogP contribution in [-0.2, 0) is 0 Å². The molecule has 0 aliphatic rings. The van der Waals surface area contributed by atoms with Crippen LogP contribution >= 0.6 is 0 Å². The van der Waals surface area contributed by atoms with E-state index in [1.54, 1.807) is 0 Å². The van der Waals surface area contributed by atoms with E-state index >= 15 is 0 Å². The molecule has 14 heavy (non-hydrogen) atoms. The second-order valence-electron chi connectivity index (χ2n) is 0.461. The van der Waals surface area contributed by atoms with E-state index in [9.17, 15) is 0 Å². The van der Waals surface area contributed by atoms with E-state index < -0.39 is 10.2 Å². The molecule has 0 rings (SSSR count). The van der Waals surface area contributed by atoms with E-state index in [0.29, 0.717) is 0 Å². The predicted molar refractivity (Wildman–Crippen MR) is 42.1 cm³/mol. The van der Waals surface area contributed by atoms with Gasteiger partial charge in [-0.15, -0.1) is 10.1 Å². The topological polar surface area (TPSA) is 256 Å². The third kappa shape index (κ3) is 1500. The largest absolute Gasteiger partial charge is 1.00 e. The summed E-state index contributed by atoms with van der Waals surface area (Å²) in [7, 11) is 0. The summed E-state index contributed by atoms with van der Waals surface area (Å²) in [4.78, 5) is 16.6. The Labute approximate surface area is 149 Å². The maximum Gasteiger partial charge on any atom is 1.00 e. The van der Waals surface area contributed by atoms with E-state index in [4.69, 9.17) is 30.6 Å². The zero-order valence-electron chi connectivity index (χ0n) is 6.38. The molecule has 0 bridgehead atoms. The van der Waals surface area contributed by atoms with Gasteiger partial charge in [-0.05, 0) is 0 Å². The van der Waals surface area contributed by atoms with Crippen molar-refractivity contribution in [1.82, 2.24) is 0 Å². The van der Waals surface area contributed by atoms with Gasteiger partial charge in [-0.2, -0.15) is 0 Å². The normalized spacial score (nSPS) is 3.43. The molecule has 0 saturated carbocycles. The van der Waals surface area contributed by atoms with E-state index in [-0.39, 0.29) is 111 Å². The van der Waals surface area contributed by atoms with Gasteiger partial charge in [0.05, 0.1) is 5.09 Å². The van der Waals surface area contributed by atoms with Gasteiger partial charge in [-0.3, -0.25) is 0 Å². The van der Waals surface area contributed by atoms with Crippen molar-refractivity contribution in [3.05, 3.63) is 25.4 Å². The molecule has 0 saturated heterocycles. The molecule has 0 aromatic carbocycles. The van der Waals surface area contributed by atoms with Gasteiger partial charge in [0.1, 0.15) is 0 Å². The molecule has 0 radical (unpaired) electrons. The molecule has 0 amide bonds. The van der Waals surface area contributed by atoms with Crippen molar-refractivity contribution in [1.29, 1.82) is 0 Å². The fourth-order valence-corrected chi connectivity index (χ4v) is 0. The fourth-order valence-electron chi connectivity index (χ4n) is 0. The third-order valence-corrected chi connectivity index (χ3v) is 0. The first-order chi connectivity index (χ1) is 3.46. The van der Waals surface area contributed by atoms with Crippen LogP contribution in [-0.4, -0.2) is 75.0 Å². The smallest absolute Gasteiger partial charge is 1.00 e. The minimum atomic E-state index is -1.75. The van der Waals surface area contributed by atoms with Crippen molar-refractivity contribution >= 4 is 37.7 Å². The average Bonchev–Trinajstić information content (AvgIpc) is 1.25. The van der Waals surface area contributed by atoms with Gasteiger partial charge < -0.3 is 42.4 Å². The maximum atomic E-state index is 8.36. The SMILES string of the molecule is O.O.O.O.O=[N+]([O-])O.O=[N+]([O-])[O-].[CaH2].[K+]. The second-order valence-corrected chi connectivity index (χ2v) is 0.461. The summed E-state index contributed by atoms with van der Waals surface area (Å²) in [6.07, 6.45) is 0. The van der Waals surface area contributed by atoms with Crippen molar-refractivity contribution in [2.24, 2.45) is 0 Å². The minimum absolute atomic E-state index is 0. The molecule has 0 aromatic heterocycles. The van der Waals surface area contributed by atoms with Gasteiger partial charge >= 0.3 is 89.1 Å². The Morgan fingerprint density at radius 3 is 0.857 bits per heavy atom. The van der Waals surface area contributed by atoms with Crippen LogP contribution in [0.5, 0.6) is 0 Å². The molecule has 0 aromatic rings. The Hall–Kier alpha value is 1.14. The maximum absolute atomic E-state index is 8.36. The number of hydrogen-bond donors (Lipinski definition) is 1. The Morgan fingerprint density at radius 1 is 0.857 bits per heavy atom. The summed E-state index contributed by atoms with van der Waals surface area (Å²) < 4.78 is 0. The second kappa shape index (κ2) is 47.9. The van der Waals surface area contributed by atoms with Gasteiger partial charge in [0.15, 0.2) is 0 Å². The third-order valence-electron chi connectivity index (χ3n) is 0. The van der Waals surface area contributed by atoms with Crippen molar-refractivity contribution < 1.29 is 88.7 Å².